The normalized spacial score (nSPS) is 12.8. The van der Waals surface area contributed by atoms with Gasteiger partial charge in [0.1, 0.15) is 11.6 Å². The molecule has 0 radical (unpaired) electrons. The average Bonchev–Trinajstić information content (AvgIpc) is 2.38. The first-order valence-corrected chi connectivity index (χ1v) is 7.75. The molecule has 2 amide bonds. The van der Waals surface area contributed by atoms with Gasteiger partial charge < -0.3 is 20.1 Å². The number of esters is 1. The lowest BCUT2D eigenvalue weighted by molar-refractivity contribution is -0.153. The Balaban J connectivity index is 4.83. The van der Waals surface area contributed by atoms with E-state index in [4.69, 9.17) is 4.74 Å². The third kappa shape index (κ3) is 8.50. The Labute approximate surface area is 142 Å². The molecule has 1 atom stereocenters. The van der Waals surface area contributed by atoms with Crippen LogP contribution in [0.5, 0.6) is 0 Å². The fourth-order valence-electron chi connectivity index (χ4n) is 1.65. The maximum atomic E-state index is 12.3. The summed E-state index contributed by atoms with van der Waals surface area (Å²) in [5, 5.41) is 4.83. The second-order valence-corrected chi connectivity index (χ2v) is 7.31. The number of ether oxygens (including phenoxy) is 2. The molecule has 0 saturated heterocycles. The van der Waals surface area contributed by atoms with E-state index in [2.05, 4.69) is 15.4 Å². The molecule has 2 N–H and O–H groups in total. The molecule has 1 unspecified atom stereocenters. The Morgan fingerprint density at radius 1 is 1.00 bits per heavy atom. The van der Waals surface area contributed by atoms with Crippen molar-refractivity contribution in [1.82, 2.24) is 10.6 Å². The molecule has 0 aliphatic rings. The largest absolute Gasteiger partial charge is 0.460 e. The third-order valence-corrected chi connectivity index (χ3v) is 2.72. The number of hydrogen-bond acceptors (Lipinski definition) is 6. The smallest absolute Gasteiger partial charge is 0.408 e. The lowest BCUT2D eigenvalue weighted by atomic mass is 9.86. The van der Waals surface area contributed by atoms with Gasteiger partial charge in [0.2, 0.25) is 5.91 Å². The Bertz CT molecular complexity index is 488. The summed E-state index contributed by atoms with van der Waals surface area (Å²) in [5.74, 6) is -2.47. The van der Waals surface area contributed by atoms with E-state index in [0.717, 1.165) is 0 Å². The topological polar surface area (TPSA) is 111 Å². The highest BCUT2D eigenvalue weighted by Gasteiger charge is 2.34. The minimum absolute atomic E-state index is 0.0728. The first kappa shape index (κ1) is 21.9. The SMILES string of the molecule is CCOC(=O)C(=O)CNC(=O)C(NC(=O)OC(C)(C)C)C(C)(C)C. The molecule has 8 nitrogen and oxygen atoms in total. The zero-order chi connectivity index (χ0) is 19.1. The van der Waals surface area contributed by atoms with E-state index in [1.807, 2.05) is 0 Å². The zero-order valence-electron chi connectivity index (χ0n) is 15.4. The van der Waals surface area contributed by atoms with E-state index in [1.54, 1.807) is 48.5 Å². The average molecular weight is 344 g/mol. The van der Waals surface area contributed by atoms with Crippen LogP contribution in [0.25, 0.3) is 0 Å². The molecule has 0 heterocycles. The summed E-state index contributed by atoms with van der Waals surface area (Å²) < 4.78 is 9.69. The second kappa shape index (κ2) is 8.65. The number of nitrogens with one attached hydrogen (secondary N) is 2. The van der Waals surface area contributed by atoms with Crippen LogP contribution >= 0.6 is 0 Å². The van der Waals surface area contributed by atoms with E-state index in [9.17, 15) is 19.2 Å². The van der Waals surface area contributed by atoms with Crippen molar-refractivity contribution in [3.8, 4) is 0 Å². The number of hydrogen-bond donors (Lipinski definition) is 2. The summed E-state index contributed by atoms with van der Waals surface area (Å²) in [7, 11) is 0. The molecule has 0 aliphatic carbocycles. The highest BCUT2D eigenvalue weighted by atomic mass is 16.6. The van der Waals surface area contributed by atoms with Crippen LogP contribution < -0.4 is 10.6 Å². The molecule has 0 aromatic rings. The molecule has 24 heavy (non-hydrogen) atoms. The zero-order valence-corrected chi connectivity index (χ0v) is 15.4. The van der Waals surface area contributed by atoms with Crippen LogP contribution in [-0.4, -0.2) is 48.5 Å². The maximum absolute atomic E-state index is 12.3. The van der Waals surface area contributed by atoms with Crippen LogP contribution in [0.1, 0.15) is 48.5 Å². The van der Waals surface area contributed by atoms with Crippen LogP contribution in [0.4, 0.5) is 4.79 Å². The second-order valence-electron chi connectivity index (χ2n) is 7.31. The van der Waals surface area contributed by atoms with E-state index in [1.165, 1.54) is 0 Å². The summed E-state index contributed by atoms with van der Waals surface area (Å²) >= 11 is 0. The number of Topliss-reactive ketones (excluding diaryl/α,β-unsaturated/α-hetero) is 1. The van der Waals surface area contributed by atoms with Crippen molar-refractivity contribution in [3.05, 3.63) is 0 Å². The molecular weight excluding hydrogens is 316 g/mol. The van der Waals surface area contributed by atoms with Gasteiger partial charge in [0, 0.05) is 0 Å². The van der Waals surface area contributed by atoms with Crippen molar-refractivity contribution in [2.45, 2.75) is 60.1 Å². The van der Waals surface area contributed by atoms with Gasteiger partial charge in [-0.25, -0.2) is 9.59 Å². The highest BCUT2D eigenvalue weighted by Crippen LogP contribution is 2.20. The maximum Gasteiger partial charge on any atom is 0.408 e. The molecule has 0 saturated carbocycles. The van der Waals surface area contributed by atoms with Gasteiger partial charge in [-0.15, -0.1) is 0 Å². The van der Waals surface area contributed by atoms with Crippen LogP contribution in [0.2, 0.25) is 0 Å². The fraction of sp³-hybridized carbons (Fsp3) is 0.750. The molecule has 0 aliphatic heterocycles. The van der Waals surface area contributed by atoms with Gasteiger partial charge in [-0.05, 0) is 33.1 Å². The van der Waals surface area contributed by atoms with Crippen molar-refractivity contribution >= 4 is 23.8 Å². The van der Waals surface area contributed by atoms with E-state index in [-0.39, 0.29) is 6.61 Å². The number of carbonyl (C=O) groups is 4. The van der Waals surface area contributed by atoms with Gasteiger partial charge in [0.15, 0.2) is 0 Å². The number of rotatable bonds is 6. The number of ketones is 1. The predicted octanol–water partition coefficient (Wildman–Crippen LogP) is 1.17. The summed E-state index contributed by atoms with van der Waals surface area (Å²) in [5.41, 5.74) is -1.34. The van der Waals surface area contributed by atoms with Gasteiger partial charge in [0.05, 0.1) is 13.2 Å². The number of amides is 2. The monoisotopic (exact) mass is 344 g/mol. The first-order chi connectivity index (χ1) is 10.8. The number of alkyl carbamates (subject to hydrolysis) is 1. The lowest BCUT2D eigenvalue weighted by Crippen LogP contribution is -2.55. The standard InChI is InChI=1S/C16H28N2O6/c1-8-23-13(21)10(19)9-17-12(20)11(15(2,3)4)18-14(22)24-16(5,6)7/h11H,8-9H2,1-7H3,(H,17,20)(H,18,22). The van der Waals surface area contributed by atoms with Crippen LogP contribution in [0.3, 0.4) is 0 Å². The predicted molar refractivity (Wildman–Crippen MR) is 87.3 cm³/mol. The van der Waals surface area contributed by atoms with Crippen LogP contribution in [0.15, 0.2) is 0 Å². The van der Waals surface area contributed by atoms with Gasteiger partial charge >= 0.3 is 12.1 Å². The van der Waals surface area contributed by atoms with Crippen molar-refractivity contribution < 1.29 is 28.7 Å². The van der Waals surface area contributed by atoms with Gasteiger partial charge in [-0.2, -0.15) is 0 Å². The molecule has 138 valence electrons. The van der Waals surface area contributed by atoms with Gasteiger partial charge in [0.25, 0.3) is 5.78 Å². The van der Waals surface area contributed by atoms with Crippen LogP contribution in [0, 0.1) is 5.41 Å². The van der Waals surface area contributed by atoms with Crippen molar-refractivity contribution in [1.29, 1.82) is 0 Å². The summed E-state index contributed by atoms with van der Waals surface area (Å²) in [6.07, 6.45) is -0.741. The van der Waals surface area contributed by atoms with Gasteiger partial charge in [-0.1, -0.05) is 20.8 Å². The molecule has 0 fully saturated rings. The van der Waals surface area contributed by atoms with E-state index in [0.29, 0.717) is 0 Å². The Kier molecular flexibility index (Phi) is 7.89. The molecule has 0 spiro atoms. The van der Waals surface area contributed by atoms with E-state index >= 15 is 0 Å². The number of carbonyl (C=O) groups excluding carboxylic acids is 4. The molecular formula is C16H28N2O6. The lowest BCUT2D eigenvalue weighted by Gasteiger charge is -2.31. The van der Waals surface area contributed by atoms with Crippen molar-refractivity contribution in [2.75, 3.05) is 13.2 Å². The molecule has 0 aromatic heterocycles. The first-order valence-electron chi connectivity index (χ1n) is 7.75. The minimum Gasteiger partial charge on any atom is -0.460 e. The van der Waals surface area contributed by atoms with Crippen LogP contribution in [-0.2, 0) is 23.9 Å². The summed E-state index contributed by atoms with van der Waals surface area (Å²) in [6.45, 7) is 11.5. The summed E-state index contributed by atoms with van der Waals surface area (Å²) in [6, 6.07) is -0.942. The Morgan fingerprint density at radius 3 is 1.96 bits per heavy atom. The minimum atomic E-state index is -1.01. The highest BCUT2D eigenvalue weighted by molar-refractivity contribution is 6.34. The van der Waals surface area contributed by atoms with Gasteiger partial charge in [-0.3, -0.25) is 9.59 Å². The Hall–Kier alpha value is -2.12. The molecule has 0 rings (SSSR count). The third-order valence-electron chi connectivity index (χ3n) is 2.72. The Morgan fingerprint density at radius 2 is 1.54 bits per heavy atom. The molecule has 8 heteroatoms. The molecule has 0 bridgehead atoms. The van der Waals surface area contributed by atoms with E-state index < -0.39 is 47.4 Å². The fourth-order valence-corrected chi connectivity index (χ4v) is 1.65. The van der Waals surface area contributed by atoms with Crippen molar-refractivity contribution in [3.63, 3.8) is 0 Å². The van der Waals surface area contributed by atoms with Crippen molar-refractivity contribution in [2.24, 2.45) is 5.41 Å². The molecule has 0 aromatic carbocycles. The summed E-state index contributed by atoms with van der Waals surface area (Å²) in [4.78, 5) is 46.9. The quantitative estimate of drug-likeness (QED) is 0.553.